The number of phenolic OH excluding ortho intramolecular Hbond substituents is 1. The third-order valence-corrected chi connectivity index (χ3v) is 3.94. The Balaban J connectivity index is 2.11. The maximum atomic E-state index is 13.1. The molecule has 2 aromatic carbocycles. The quantitative estimate of drug-likeness (QED) is 0.613. The van der Waals surface area contributed by atoms with Crippen LogP contribution in [0.5, 0.6) is 5.75 Å². The molecule has 4 heteroatoms. The van der Waals surface area contributed by atoms with Crippen molar-refractivity contribution >= 4 is 5.65 Å². The lowest BCUT2D eigenvalue weighted by Crippen LogP contribution is -2.18. The van der Waals surface area contributed by atoms with Gasteiger partial charge in [-0.25, -0.2) is 4.98 Å². The van der Waals surface area contributed by atoms with Crippen LogP contribution in [0.2, 0.25) is 0 Å². The molecule has 4 nitrogen and oxygen atoms in total. The zero-order chi connectivity index (χ0) is 16.5. The number of rotatable bonds is 2. The van der Waals surface area contributed by atoms with E-state index in [2.05, 4.69) is 0 Å². The molecular formula is C20H14N2O2. The molecular weight excluding hydrogens is 300 g/mol. The fourth-order valence-electron chi connectivity index (χ4n) is 2.78. The molecule has 0 amide bonds. The average molecular weight is 314 g/mol. The predicted molar refractivity (Wildman–Crippen MR) is 94.0 cm³/mol. The monoisotopic (exact) mass is 314 g/mol. The molecule has 4 aromatic rings. The highest BCUT2D eigenvalue weighted by molar-refractivity contribution is 5.81. The smallest absolute Gasteiger partial charge is 0.266 e. The van der Waals surface area contributed by atoms with Gasteiger partial charge in [-0.15, -0.1) is 0 Å². The van der Waals surface area contributed by atoms with Gasteiger partial charge in [-0.1, -0.05) is 48.5 Å². The molecule has 0 aliphatic carbocycles. The van der Waals surface area contributed by atoms with Crippen LogP contribution in [0.25, 0.3) is 28.0 Å². The van der Waals surface area contributed by atoms with E-state index in [1.165, 1.54) is 4.40 Å². The summed E-state index contributed by atoms with van der Waals surface area (Å²) < 4.78 is 1.54. The van der Waals surface area contributed by atoms with E-state index in [1.807, 2.05) is 42.5 Å². The van der Waals surface area contributed by atoms with Crippen LogP contribution in [-0.2, 0) is 0 Å². The lowest BCUT2D eigenvalue weighted by atomic mass is 10.0. The highest BCUT2D eigenvalue weighted by Gasteiger charge is 2.16. The first-order valence-electron chi connectivity index (χ1n) is 7.60. The summed E-state index contributed by atoms with van der Waals surface area (Å²) in [5.74, 6) is 0.161. The molecule has 0 bridgehead atoms. The molecule has 2 heterocycles. The van der Waals surface area contributed by atoms with E-state index in [4.69, 9.17) is 4.98 Å². The molecule has 0 radical (unpaired) electrons. The number of pyridine rings is 1. The van der Waals surface area contributed by atoms with Crippen molar-refractivity contribution in [1.29, 1.82) is 0 Å². The molecule has 4 rings (SSSR count). The van der Waals surface area contributed by atoms with E-state index < -0.39 is 0 Å². The fourth-order valence-corrected chi connectivity index (χ4v) is 2.78. The predicted octanol–water partition coefficient (Wildman–Crippen LogP) is 3.73. The number of nitrogens with zero attached hydrogens (tertiary/aromatic N) is 2. The van der Waals surface area contributed by atoms with Gasteiger partial charge >= 0.3 is 0 Å². The van der Waals surface area contributed by atoms with Crippen LogP contribution >= 0.6 is 0 Å². The van der Waals surface area contributed by atoms with E-state index in [0.717, 1.165) is 11.1 Å². The topological polar surface area (TPSA) is 54.6 Å². The van der Waals surface area contributed by atoms with E-state index >= 15 is 0 Å². The molecule has 116 valence electrons. The maximum absolute atomic E-state index is 13.1. The van der Waals surface area contributed by atoms with Crippen LogP contribution < -0.4 is 5.56 Å². The summed E-state index contributed by atoms with van der Waals surface area (Å²) in [5, 5.41) is 9.53. The Morgan fingerprint density at radius 1 is 0.792 bits per heavy atom. The van der Waals surface area contributed by atoms with Crippen LogP contribution in [0.4, 0.5) is 0 Å². The molecule has 0 spiro atoms. The van der Waals surface area contributed by atoms with Crippen molar-refractivity contribution in [3.05, 3.63) is 89.3 Å². The number of aromatic hydroxyl groups is 1. The van der Waals surface area contributed by atoms with Crippen LogP contribution in [0.3, 0.4) is 0 Å². The number of aromatic nitrogens is 2. The van der Waals surface area contributed by atoms with Crippen molar-refractivity contribution in [3.8, 4) is 28.1 Å². The zero-order valence-electron chi connectivity index (χ0n) is 12.8. The standard InChI is InChI=1S/C20H14N2O2/c23-16-11-9-14(10-12-16)18-19(15-6-2-1-3-7-15)21-17-8-4-5-13-22(17)20(18)24/h1-13,23H. The molecule has 2 aromatic heterocycles. The molecule has 0 aliphatic heterocycles. The zero-order valence-corrected chi connectivity index (χ0v) is 12.8. The molecule has 0 fully saturated rings. The first-order valence-corrected chi connectivity index (χ1v) is 7.60. The Bertz CT molecular complexity index is 1070. The van der Waals surface area contributed by atoms with Gasteiger partial charge in [0.05, 0.1) is 11.3 Å². The van der Waals surface area contributed by atoms with Crippen molar-refractivity contribution < 1.29 is 5.11 Å². The van der Waals surface area contributed by atoms with Gasteiger partial charge < -0.3 is 5.11 Å². The molecule has 0 atom stereocenters. The molecule has 0 unspecified atom stereocenters. The summed E-state index contributed by atoms with van der Waals surface area (Å²) in [6.45, 7) is 0. The van der Waals surface area contributed by atoms with Gasteiger partial charge in [-0.05, 0) is 29.8 Å². The lowest BCUT2D eigenvalue weighted by Gasteiger charge is -2.11. The second kappa shape index (κ2) is 5.66. The third kappa shape index (κ3) is 2.34. The molecule has 0 saturated carbocycles. The Hall–Kier alpha value is -3.40. The van der Waals surface area contributed by atoms with Gasteiger partial charge in [0.1, 0.15) is 11.4 Å². The van der Waals surface area contributed by atoms with Gasteiger partial charge in [0.2, 0.25) is 0 Å². The number of phenols is 1. The molecule has 24 heavy (non-hydrogen) atoms. The molecule has 0 aliphatic rings. The molecule has 0 saturated heterocycles. The van der Waals surface area contributed by atoms with Crippen LogP contribution in [0.15, 0.2) is 83.8 Å². The molecule has 1 N–H and O–H groups in total. The van der Waals surface area contributed by atoms with Crippen molar-refractivity contribution in [3.63, 3.8) is 0 Å². The number of hydrogen-bond donors (Lipinski definition) is 1. The van der Waals surface area contributed by atoms with Gasteiger partial charge in [0.25, 0.3) is 5.56 Å². The number of benzene rings is 2. The SMILES string of the molecule is O=c1c(-c2ccc(O)cc2)c(-c2ccccc2)nc2ccccn12. The minimum Gasteiger partial charge on any atom is -0.508 e. The Labute approximate surface area is 138 Å². The third-order valence-electron chi connectivity index (χ3n) is 3.94. The van der Waals surface area contributed by atoms with Crippen molar-refractivity contribution in [1.82, 2.24) is 9.38 Å². The summed E-state index contributed by atoms with van der Waals surface area (Å²) in [6, 6.07) is 21.7. The van der Waals surface area contributed by atoms with Crippen LogP contribution in [0, 0.1) is 0 Å². The number of hydrogen-bond acceptors (Lipinski definition) is 3. The Morgan fingerprint density at radius 2 is 1.50 bits per heavy atom. The summed E-state index contributed by atoms with van der Waals surface area (Å²) in [7, 11) is 0. The minimum absolute atomic E-state index is 0.134. The van der Waals surface area contributed by atoms with E-state index in [1.54, 1.807) is 36.5 Å². The second-order valence-electron chi connectivity index (χ2n) is 5.48. The largest absolute Gasteiger partial charge is 0.508 e. The van der Waals surface area contributed by atoms with E-state index in [0.29, 0.717) is 16.9 Å². The number of fused-ring (bicyclic) bond motifs is 1. The summed E-state index contributed by atoms with van der Waals surface area (Å²) in [4.78, 5) is 17.8. The first-order chi connectivity index (χ1) is 11.7. The van der Waals surface area contributed by atoms with Gasteiger partial charge in [-0.2, -0.15) is 0 Å². The first kappa shape index (κ1) is 14.2. The van der Waals surface area contributed by atoms with Gasteiger partial charge in [-0.3, -0.25) is 9.20 Å². The average Bonchev–Trinajstić information content (AvgIpc) is 2.63. The Kier molecular flexibility index (Phi) is 3.35. The van der Waals surface area contributed by atoms with Crippen LogP contribution in [0.1, 0.15) is 0 Å². The maximum Gasteiger partial charge on any atom is 0.266 e. The second-order valence-corrected chi connectivity index (χ2v) is 5.48. The highest BCUT2D eigenvalue weighted by atomic mass is 16.3. The highest BCUT2D eigenvalue weighted by Crippen LogP contribution is 2.29. The Morgan fingerprint density at radius 3 is 2.25 bits per heavy atom. The van der Waals surface area contributed by atoms with Crippen molar-refractivity contribution in [2.75, 3.05) is 0 Å². The van der Waals surface area contributed by atoms with Crippen LogP contribution in [-0.4, -0.2) is 14.5 Å². The summed E-state index contributed by atoms with van der Waals surface area (Å²) in [6.07, 6.45) is 1.71. The summed E-state index contributed by atoms with van der Waals surface area (Å²) in [5.41, 5.74) is 3.22. The van der Waals surface area contributed by atoms with Gasteiger partial charge in [0.15, 0.2) is 0 Å². The lowest BCUT2D eigenvalue weighted by molar-refractivity contribution is 0.475. The summed E-state index contributed by atoms with van der Waals surface area (Å²) >= 11 is 0. The minimum atomic E-state index is -0.134. The van der Waals surface area contributed by atoms with E-state index in [9.17, 15) is 9.90 Å². The van der Waals surface area contributed by atoms with Crippen molar-refractivity contribution in [2.24, 2.45) is 0 Å². The normalized spacial score (nSPS) is 10.8. The van der Waals surface area contributed by atoms with Crippen molar-refractivity contribution in [2.45, 2.75) is 0 Å². The van der Waals surface area contributed by atoms with E-state index in [-0.39, 0.29) is 11.3 Å². The van der Waals surface area contributed by atoms with Gasteiger partial charge in [0, 0.05) is 11.8 Å². The fraction of sp³-hybridized carbons (Fsp3) is 0.